The van der Waals surface area contributed by atoms with Crippen LogP contribution in [-0.4, -0.2) is 12.0 Å². The molecule has 0 saturated heterocycles. The molecule has 156 valence electrons. The van der Waals surface area contributed by atoms with E-state index >= 15 is 0 Å². The van der Waals surface area contributed by atoms with Crippen molar-refractivity contribution in [1.29, 1.82) is 0 Å². The van der Waals surface area contributed by atoms with Crippen LogP contribution in [0.3, 0.4) is 0 Å². The number of hydrogen-bond donors (Lipinski definition) is 1. The number of carbonyl (C=O) groups excluding carboxylic acids is 1. The Hall–Kier alpha value is -2.81. The number of amides is 1. The fourth-order valence-corrected chi connectivity index (χ4v) is 4.72. The van der Waals surface area contributed by atoms with Crippen LogP contribution in [0.5, 0.6) is 5.75 Å². The third kappa shape index (κ3) is 3.94. The van der Waals surface area contributed by atoms with Crippen molar-refractivity contribution < 1.29 is 9.53 Å². The molecule has 0 heterocycles. The quantitative estimate of drug-likeness (QED) is 0.512. The number of ether oxygens (including phenoxy) is 1. The SMILES string of the molecule is Cc1cccc(C2(C(=O)Nc3ccc(OC(C)C)c4ccccc34)CCCCC2)c1. The van der Waals surface area contributed by atoms with Gasteiger partial charge in [-0.25, -0.2) is 0 Å². The van der Waals surface area contributed by atoms with Crippen LogP contribution in [0.15, 0.2) is 60.7 Å². The van der Waals surface area contributed by atoms with E-state index in [1.165, 1.54) is 12.0 Å². The van der Waals surface area contributed by atoms with Crippen LogP contribution in [0.4, 0.5) is 5.69 Å². The molecule has 0 aliphatic heterocycles. The molecule has 3 aromatic rings. The highest BCUT2D eigenvalue weighted by Gasteiger charge is 2.41. The van der Waals surface area contributed by atoms with Gasteiger partial charge in [-0.1, -0.05) is 73.4 Å². The van der Waals surface area contributed by atoms with Gasteiger partial charge < -0.3 is 10.1 Å². The molecular formula is C27H31NO2. The summed E-state index contributed by atoms with van der Waals surface area (Å²) in [6, 6.07) is 20.5. The molecule has 1 fully saturated rings. The van der Waals surface area contributed by atoms with E-state index in [9.17, 15) is 4.79 Å². The van der Waals surface area contributed by atoms with Crippen LogP contribution in [0.2, 0.25) is 0 Å². The number of carbonyl (C=O) groups is 1. The summed E-state index contributed by atoms with van der Waals surface area (Å²) in [5.74, 6) is 0.958. The zero-order chi connectivity index (χ0) is 21.1. The Balaban J connectivity index is 1.72. The van der Waals surface area contributed by atoms with E-state index in [0.29, 0.717) is 0 Å². The normalized spacial score (nSPS) is 15.9. The third-order valence-corrected chi connectivity index (χ3v) is 6.21. The van der Waals surface area contributed by atoms with E-state index in [1.807, 2.05) is 38.1 Å². The lowest BCUT2D eigenvalue weighted by molar-refractivity contribution is -0.122. The maximum atomic E-state index is 13.8. The monoisotopic (exact) mass is 401 g/mol. The van der Waals surface area contributed by atoms with Gasteiger partial charge in [-0.2, -0.15) is 0 Å². The highest BCUT2D eigenvalue weighted by atomic mass is 16.5. The Bertz CT molecular complexity index is 1050. The first kappa shape index (κ1) is 20.5. The number of benzene rings is 3. The molecule has 3 aromatic carbocycles. The Morgan fingerprint density at radius 2 is 1.67 bits per heavy atom. The molecule has 0 bridgehead atoms. The topological polar surface area (TPSA) is 38.3 Å². The summed E-state index contributed by atoms with van der Waals surface area (Å²) in [6.07, 6.45) is 5.27. The van der Waals surface area contributed by atoms with Crippen molar-refractivity contribution in [3.63, 3.8) is 0 Å². The first-order chi connectivity index (χ1) is 14.5. The molecule has 3 heteroatoms. The van der Waals surface area contributed by atoms with Gasteiger partial charge in [-0.15, -0.1) is 0 Å². The molecule has 4 rings (SSSR count). The fourth-order valence-electron chi connectivity index (χ4n) is 4.72. The molecule has 0 spiro atoms. The summed E-state index contributed by atoms with van der Waals surface area (Å²) >= 11 is 0. The number of hydrogen-bond acceptors (Lipinski definition) is 2. The summed E-state index contributed by atoms with van der Waals surface area (Å²) in [4.78, 5) is 13.8. The molecule has 1 N–H and O–H groups in total. The van der Waals surface area contributed by atoms with E-state index < -0.39 is 5.41 Å². The number of anilines is 1. The predicted octanol–water partition coefficient (Wildman–Crippen LogP) is 6.78. The summed E-state index contributed by atoms with van der Waals surface area (Å²) in [5.41, 5.74) is 2.73. The summed E-state index contributed by atoms with van der Waals surface area (Å²) in [7, 11) is 0. The standard InChI is InChI=1S/C27H31NO2/c1-19(2)30-25-15-14-24(22-12-5-6-13-23(22)25)28-26(29)27(16-7-4-8-17-27)21-11-9-10-20(3)18-21/h5-6,9-15,18-19H,4,7-8,16-17H2,1-3H3,(H,28,29). The van der Waals surface area contributed by atoms with E-state index in [4.69, 9.17) is 4.74 Å². The smallest absolute Gasteiger partial charge is 0.235 e. The van der Waals surface area contributed by atoms with Gasteiger partial charge >= 0.3 is 0 Å². The van der Waals surface area contributed by atoms with Crippen LogP contribution in [0.1, 0.15) is 57.1 Å². The lowest BCUT2D eigenvalue weighted by Crippen LogP contribution is -2.42. The molecule has 1 aliphatic rings. The van der Waals surface area contributed by atoms with Crippen LogP contribution in [-0.2, 0) is 10.2 Å². The lowest BCUT2D eigenvalue weighted by Gasteiger charge is -2.36. The van der Waals surface area contributed by atoms with Crippen molar-refractivity contribution in [2.45, 2.75) is 64.4 Å². The highest BCUT2D eigenvalue weighted by molar-refractivity contribution is 6.07. The second-order valence-electron chi connectivity index (χ2n) is 8.79. The van der Waals surface area contributed by atoms with Crippen molar-refractivity contribution in [2.75, 3.05) is 5.32 Å². The Morgan fingerprint density at radius 1 is 0.933 bits per heavy atom. The molecule has 1 amide bonds. The van der Waals surface area contributed by atoms with E-state index in [-0.39, 0.29) is 12.0 Å². The third-order valence-electron chi connectivity index (χ3n) is 6.21. The predicted molar refractivity (Wildman–Crippen MR) is 124 cm³/mol. The molecule has 0 unspecified atom stereocenters. The minimum Gasteiger partial charge on any atom is -0.490 e. The average Bonchev–Trinajstić information content (AvgIpc) is 2.75. The minimum atomic E-state index is -0.460. The first-order valence-corrected chi connectivity index (χ1v) is 11.1. The van der Waals surface area contributed by atoms with Crippen LogP contribution in [0, 0.1) is 6.92 Å². The lowest BCUT2D eigenvalue weighted by atomic mass is 9.68. The number of rotatable bonds is 5. The largest absolute Gasteiger partial charge is 0.490 e. The van der Waals surface area contributed by atoms with Gasteiger partial charge in [0.2, 0.25) is 5.91 Å². The van der Waals surface area contributed by atoms with Crippen molar-refractivity contribution in [3.05, 3.63) is 71.8 Å². The fraction of sp³-hybridized carbons (Fsp3) is 0.370. The van der Waals surface area contributed by atoms with E-state index in [1.54, 1.807) is 0 Å². The second-order valence-corrected chi connectivity index (χ2v) is 8.79. The van der Waals surface area contributed by atoms with Crippen molar-refractivity contribution in [1.82, 2.24) is 0 Å². The summed E-state index contributed by atoms with van der Waals surface area (Å²) in [5, 5.41) is 5.34. The average molecular weight is 402 g/mol. The van der Waals surface area contributed by atoms with Crippen molar-refractivity contribution >= 4 is 22.4 Å². The van der Waals surface area contributed by atoms with Gasteiger partial charge in [0.1, 0.15) is 5.75 Å². The van der Waals surface area contributed by atoms with Gasteiger partial charge in [-0.3, -0.25) is 4.79 Å². The Morgan fingerprint density at radius 3 is 2.37 bits per heavy atom. The maximum absolute atomic E-state index is 13.8. The van der Waals surface area contributed by atoms with Crippen molar-refractivity contribution in [2.24, 2.45) is 0 Å². The minimum absolute atomic E-state index is 0.0978. The van der Waals surface area contributed by atoms with Gasteiger partial charge in [0.15, 0.2) is 0 Å². The summed E-state index contributed by atoms with van der Waals surface area (Å²) in [6.45, 7) is 6.15. The van der Waals surface area contributed by atoms with Gasteiger partial charge in [0, 0.05) is 16.5 Å². The zero-order valence-corrected chi connectivity index (χ0v) is 18.2. The number of aryl methyl sites for hydroxylation is 1. The number of nitrogens with one attached hydrogen (secondary N) is 1. The van der Waals surface area contributed by atoms with E-state index in [0.717, 1.165) is 53.5 Å². The van der Waals surface area contributed by atoms with Crippen LogP contribution >= 0.6 is 0 Å². The number of fused-ring (bicyclic) bond motifs is 1. The maximum Gasteiger partial charge on any atom is 0.235 e. The molecule has 0 radical (unpaired) electrons. The molecule has 0 atom stereocenters. The van der Waals surface area contributed by atoms with Crippen LogP contribution < -0.4 is 10.1 Å². The van der Waals surface area contributed by atoms with Gasteiger partial charge in [0.05, 0.1) is 11.5 Å². The van der Waals surface area contributed by atoms with Crippen LogP contribution in [0.25, 0.3) is 10.8 Å². The highest BCUT2D eigenvalue weighted by Crippen LogP contribution is 2.41. The Kier molecular flexibility index (Phi) is 5.80. The first-order valence-electron chi connectivity index (χ1n) is 11.1. The molecule has 1 saturated carbocycles. The van der Waals surface area contributed by atoms with Gasteiger partial charge in [0.25, 0.3) is 0 Å². The molecule has 3 nitrogen and oxygen atoms in total. The zero-order valence-electron chi connectivity index (χ0n) is 18.2. The van der Waals surface area contributed by atoms with Crippen molar-refractivity contribution in [3.8, 4) is 5.75 Å². The second kappa shape index (κ2) is 8.51. The molecule has 1 aliphatic carbocycles. The van der Waals surface area contributed by atoms with E-state index in [2.05, 4.69) is 48.6 Å². The molecule has 30 heavy (non-hydrogen) atoms. The summed E-state index contributed by atoms with van der Waals surface area (Å²) < 4.78 is 5.99. The van der Waals surface area contributed by atoms with Gasteiger partial charge in [-0.05, 0) is 51.3 Å². The Labute approximate surface area is 179 Å². The molecular weight excluding hydrogens is 370 g/mol. The molecule has 0 aromatic heterocycles.